The molecule has 0 saturated carbocycles. The van der Waals surface area contributed by atoms with Crippen LogP contribution in [0.5, 0.6) is 0 Å². The lowest BCUT2D eigenvalue weighted by Gasteiger charge is -2.19. The van der Waals surface area contributed by atoms with Crippen LogP contribution in [0.15, 0.2) is 83.9 Å². The fourth-order valence-electron chi connectivity index (χ4n) is 4.47. The molecule has 9 heteroatoms. The molecule has 3 heterocycles. The molecule has 1 aliphatic heterocycles. The molecule has 1 saturated heterocycles. The van der Waals surface area contributed by atoms with Crippen LogP contribution in [0, 0.1) is 0 Å². The second-order valence-corrected chi connectivity index (χ2v) is 9.43. The maximum Gasteiger partial charge on any atom is 0.256 e. The van der Waals surface area contributed by atoms with Crippen molar-refractivity contribution in [2.24, 2.45) is 0 Å². The van der Waals surface area contributed by atoms with Gasteiger partial charge in [-0.15, -0.1) is 0 Å². The van der Waals surface area contributed by atoms with Gasteiger partial charge < -0.3 is 20.5 Å². The Bertz CT molecular complexity index is 1430. The smallest absolute Gasteiger partial charge is 0.256 e. The van der Waals surface area contributed by atoms with Crippen LogP contribution in [0.1, 0.15) is 27.9 Å². The van der Waals surface area contributed by atoms with E-state index in [-0.39, 0.29) is 23.3 Å². The molecule has 36 heavy (non-hydrogen) atoms. The maximum absolute atomic E-state index is 12.9. The number of carbonyl (C=O) groups is 1. The van der Waals surface area contributed by atoms with Crippen molar-refractivity contribution in [3.05, 3.63) is 111 Å². The third-order valence-electron chi connectivity index (χ3n) is 6.35. The largest absolute Gasteiger partial charge is 0.382 e. The molecule has 5 rings (SSSR count). The van der Waals surface area contributed by atoms with E-state index < -0.39 is 0 Å². The molecule has 0 spiro atoms. The van der Waals surface area contributed by atoms with Crippen LogP contribution in [0.3, 0.4) is 0 Å². The molecule has 184 valence electrons. The summed E-state index contributed by atoms with van der Waals surface area (Å²) in [7, 11) is 0. The average molecular weight is 503 g/mol. The molecule has 2 aromatic carbocycles. The van der Waals surface area contributed by atoms with E-state index in [4.69, 9.17) is 17.3 Å². The first-order valence-corrected chi connectivity index (χ1v) is 12.2. The van der Waals surface area contributed by atoms with Crippen LogP contribution >= 0.6 is 11.6 Å². The van der Waals surface area contributed by atoms with Gasteiger partial charge in [0.1, 0.15) is 5.56 Å². The van der Waals surface area contributed by atoms with Crippen molar-refractivity contribution in [2.45, 2.75) is 25.6 Å². The maximum atomic E-state index is 12.9. The standard InChI is InChI=1S/C27H27ClN6O2/c28-21-4-3-5-23(14-21)32-13-11-22(17-32)30-27(36)24-18-34(31-26(24)29)16-20-9-7-19(8-10-20)15-33-12-2-1-6-25(33)35/h1-10,12,14,18,22H,11,13,15-17H2,(H2,29,31)(H,30,36)/t22-/m0/s1. The Balaban J connectivity index is 1.19. The number of benzene rings is 2. The number of hydrogen-bond donors (Lipinski definition) is 2. The van der Waals surface area contributed by atoms with Gasteiger partial charge in [-0.2, -0.15) is 5.10 Å². The van der Waals surface area contributed by atoms with Gasteiger partial charge in [0.2, 0.25) is 0 Å². The first kappa shape index (κ1) is 23.7. The summed E-state index contributed by atoms with van der Waals surface area (Å²) >= 11 is 6.12. The fraction of sp³-hybridized carbons (Fsp3) is 0.222. The fourth-order valence-corrected chi connectivity index (χ4v) is 4.65. The number of nitrogen functional groups attached to an aromatic ring is 1. The SMILES string of the molecule is Nc1nn(Cc2ccc(Cn3ccccc3=O)cc2)cc1C(=O)N[C@H]1CCN(c2cccc(Cl)c2)C1. The highest BCUT2D eigenvalue weighted by Crippen LogP contribution is 2.24. The van der Waals surface area contributed by atoms with Gasteiger partial charge >= 0.3 is 0 Å². The van der Waals surface area contributed by atoms with Crippen LogP contribution in [-0.2, 0) is 13.1 Å². The molecule has 0 unspecified atom stereocenters. The lowest BCUT2D eigenvalue weighted by molar-refractivity contribution is 0.0941. The normalized spacial score (nSPS) is 15.2. The van der Waals surface area contributed by atoms with E-state index >= 15 is 0 Å². The van der Waals surface area contributed by atoms with Crippen molar-refractivity contribution >= 4 is 29.0 Å². The van der Waals surface area contributed by atoms with E-state index in [0.717, 1.165) is 29.8 Å². The molecule has 0 radical (unpaired) electrons. The number of hydrogen-bond acceptors (Lipinski definition) is 5. The van der Waals surface area contributed by atoms with Crippen molar-refractivity contribution in [3.8, 4) is 0 Å². The number of nitrogens with zero attached hydrogens (tertiary/aromatic N) is 4. The number of pyridine rings is 1. The van der Waals surface area contributed by atoms with E-state index in [1.165, 1.54) is 0 Å². The molecule has 1 amide bonds. The van der Waals surface area contributed by atoms with Gasteiger partial charge in [-0.25, -0.2) is 0 Å². The van der Waals surface area contributed by atoms with Crippen LogP contribution in [-0.4, -0.2) is 39.4 Å². The van der Waals surface area contributed by atoms with Gasteiger partial charge in [0.25, 0.3) is 11.5 Å². The number of nitrogens with two attached hydrogens (primary N) is 1. The van der Waals surface area contributed by atoms with Crippen molar-refractivity contribution in [2.75, 3.05) is 23.7 Å². The highest BCUT2D eigenvalue weighted by molar-refractivity contribution is 6.30. The van der Waals surface area contributed by atoms with E-state index in [2.05, 4.69) is 15.3 Å². The molecule has 1 fully saturated rings. The van der Waals surface area contributed by atoms with Crippen LogP contribution in [0.4, 0.5) is 11.5 Å². The van der Waals surface area contributed by atoms with Gasteiger partial charge in [0, 0.05) is 48.3 Å². The monoisotopic (exact) mass is 502 g/mol. The van der Waals surface area contributed by atoms with E-state index in [1.54, 1.807) is 33.8 Å². The van der Waals surface area contributed by atoms with Gasteiger partial charge in [-0.05, 0) is 41.8 Å². The Morgan fingerprint density at radius 2 is 1.83 bits per heavy atom. The summed E-state index contributed by atoms with van der Waals surface area (Å²) in [6.07, 6.45) is 4.30. The highest BCUT2D eigenvalue weighted by Gasteiger charge is 2.26. The zero-order chi connectivity index (χ0) is 25.1. The minimum absolute atomic E-state index is 0.0175. The van der Waals surface area contributed by atoms with Crippen molar-refractivity contribution in [1.29, 1.82) is 0 Å². The topological polar surface area (TPSA) is 98.2 Å². The summed E-state index contributed by atoms with van der Waals surface area (Å²) in [4.78, 5) is 27.1. The van der Waals surface area contributed by atoms with Crippen LogP contribution < -0.4 is 21.5 Å². The molecule has 2 aromatic heterocycles. The van der Waals surface area contributed by atoms with Gasteiger partial charge in [-0.1, -0.05) is 48.0 Å². The number of anilines is 2. The predicted octanol–water partition coefficient (Wildman–Crippen LogP) is 3.39. The number of rotatable bonds is 7. The minimum atomic E-state index is -0.222. The molecule has 4 aromatic rings. The minimum Gasteiger partial charge on any atom is -0.382 e. The summed E-state index contributed by atoms with van der Waals surface area (Å²) in [5.41, 5.74) is 9.51. The lowest BCUT2D eigenvalue weighted by Crippen LogP contribution is -2.37. The third kappa shape index (κ3) is 5.44. The number of aromatic nitrogens is 3. The van der Waals surface area contributed by atoms with E-state index in [9.17, 15) is 9.59 Å². The predicted molar refractivity (Wildman–Crippen MR) is 142 cm³/mol. The second-order valence-electron chi connectivity index (χ2n) is 8.99. The van der Waals surface area contributed by atoms with Gasteiger partial charge in [0.05, 0.1) is 13.1 Å². The summed E-state index contributed by atoms with van der Waals surface area (Å²) in [6, 6.07) is 20.8. The molecule has 0 aliphatic carbocycles. The van der Waals surface area contributed by atoms with E-state index in [1.807, 2.05) is 54.6 Å². The van der Waals surface area contributed by atoms with Crippen molar-refractivity contribution < 1.29 is 4.79 Å². The molecular weight excluding hydrogens is 476 g/mol. The third-order valence-corrected chi connectivity index (χ3v) is 6.59. The molecule has 1 aliphatic rings. The summed E-state index contributed by atoms with van der Waals surface area (Å²) in [5.74, 6) is -0.0161. The van der Waals surface area contributed by atoms with Crippen LogP contribution in [0.25, 0.3) is 0 Å². The summed E-state index contributed by atoms with van der Waals surface area (Å²) in [5, 5.41) is 8.12. The first-order valence-electron chi connectivity index (χ1n) is 11.8. The van der Waals surface area contributed by atoms with Crippen LogP contribution in [0.2, 0.25) is 5.02 Å². The second kappa shape index (κ2) is 10.3. The molecule has 3 N–H and O–H groups in total. The Morgan fingerprint density at radius 3 is 2.58 bits per heavy atom. The number of halogens is 1. The number of carbonyl (C=O) groups excluding carboxylic acids is 1. The molecule has 0 bridgehead atoms. The summed E-state index contributed by atoms with van der Waals surface area (Å²) in [6.45, 7) is 2.54. The lowest BCUT2D eigenvalue weighted by atomic mass is 10.1. The number of nitrogens with one attached hydrogen (secondary N) is 1. The number of amides is 1. The van der Waals surface area contributed by atoms with Gasteiger partial charge in [0.15, 0.2) is 5.82 Å². The zero-order valence-electron chi connectivity index (χ0n) is 19.7. The zero-order valence-corrected chi connectivity index (χ0v) is 20.4. The average Bonchev–Trinajstić information content (AvgIpc) is 3.48. The molecule has 1 atom stereocenters. The summed E-state index contributed by atoms with van der Waals surface area (Å²) < 4.78 is 3.33. The molecule has 8 nitrogen and oxygen atoms in total. The Hall–Kier alpha value is -4.04. The Kier molecular flexibility index (Phi) is 6.77. The van der Waals surface area contributed by atoms with Crippen molar-refractivity contribution in [3.63, 3.8) is 0 Å². The first-order chi connectivity index (χ1) is 17.4. The van der Waals surface area contributed by atoms with Gasteiger partial charge in [-0.3, -0.25) is 14.3 Å². The highest BCUT2D eigenvalue weighted by atomic mass is 35.5. The van der Waals surface area contributed by atoms with Crippen molar-refractivity contribution in [1.82, 2.24) is 19.7 Å². The molecular formula is C27H27ClN6O2. The quantitative estimate of drug-likeness (QED) is 0.403. The van der Waals surface area contributed by atoms with E-state index in [0.29, 0.717) is 30.2 Å². The Labute approximate surface area is 213 Å². The Morgan fingerprint density at radius 1 is 1.06 bits per heavy atom.